The number of hydrogen-bond acceptors (Lipinski definition) is 3. The molecule has 0 aliphatic carbocycles. The van der Waals surface area contributed by atoms with E-state index in [-0.39, 0.29) is 12.5 Å². The summed E-state index contributed by atoms with van der Waals surface area (Å²) in [6.07, 6.45) is 1.68. The summed E-state index contributed by atoms with van der Waals surface area (Å²) in [5.74, 6) is 0.848. The molecule has 0 fully saturated rings. The first-order chi connectivity index (χ1) is 5.77. The summed E-state index contributed by atoms with van der Waals surface area (Å²) in [4.78, 5) is 4.12. The third-order valence-corrected chi connectivity index (χ3v) is 1.77. The van der Waals surface area contributed by atoms with Crippen molar-refractivity contribution >= 4 is 0 Å². The minimum Gasteiger partial charge on any atom is -0.497 e. The zero-order valence-corrected chi connectivity index (χ0v) is 7.32. The Balaban J connectivity index is 2.86. The molecule has 0 amide bonds. The van der Waals surface area contributed by atoms with Crippen molar-refractivity contribution in [1.29, 1.82) is 0 Å². The zero-order chi connectivity index (χ0) is 8.97. The Morgan fingerprint density at radius 3 is 3.00 bits per heavy atom. The molecule has 0 radical (unpaired) electrons. The average Bonchev–Trinajstić information content (AvgIpc) is 2.17. The van der Waals surface area contributed by atoms with Crippen molar-refractivity contribution in [2.75, 3.05) is 13.7 Å². The smallest absolute Gasteiger partial charge is 0.122 e. The SMILES string of the molecule is COc1ccnc([C@@H](C)CO)c1. The van der Waals surface area contributed by atoms with E-state index in [1.54, 1.807) is 19.4 Å². The van der Waals surface area contributed by atoms with Crippen LogP contribution in [-0.4, -0.2) is 23.8 Å². The summed E-state index contributed by atoms with van der Waals surface area (Å²) in [5.41, 5.74) is 0.858. The minimum atomic E-state index is 0.0695. The lowest BCUT2D eigenvalue weighted by Gasteiger charge is -2.07. The summed E-state index contributed by atoms with van der Waals surface area (Å²) >= 11 is 0. The van der Waals surface area contributed by atoms with E-state index in [1.807, 2.05) is 13.0 Å². The number of pyridine rings is 1. The van der Waals surface area contributed by atoms with Crippen LogP contribution >= 0.6 is 0 Å². The number of aliphatic hydroxyl groups excluding tert-OH is 1. The first kappa shape index (κ1) is 9.00. The van der Waals surface area contributed by atoms with Gasteiger partial charge in [0.15, 0.2) is 0 Å². The summed E-state index contributed by atoms with van der Waals surface area (Å²) in [5, 5.41) is 8.87. The molecule has 0 aliphatic rings. The maximum absolute atomic E-state index is 8.87. The molecule has 0 aliphatic heterocycles. The van der Waals surface area contributed by atoms with E-state index in [1.165, 1.54) is 0 Å². The summed E-state index contributed by atoms with van der Waals surface area (Å²) < 4.78 is 5.03. The summed E-state index contributed by atoms with van der Waals surface area (Å²) in [6, 6.07) is 3.62. The minimum absolute atomic E-state index is 0.0695. The van der Waals surface area contributed by atoms with Crippen LogP contribution in [0.25, 0.3) is 0 Å². The Bertz CT molecular complexity index is 250. The number of aliphatic hydroxyl groups is 1. The second-order valence-corrected chi connectivity index (χ2v) is 2.70. The lowest BCUT2D eigenvalue weighted by molar-refractivity contribution is 0.270. The van der Waals surface area contributed by atoms with Crippen molar-refractivity contribution in [2.45, 2.75) is 12.8 Å². The Morgan fingerprint density at radius 1 is 1.67 bits per heavy atom. The second kappa shape index (κ2) is 4.07. The number of rotatable bonds is 3. The maximum atomic E-state index is 8.87. The molecule has 1 atom stereocenters. The lowest BCUT2D eigenvalue weighted by Crippen LogP contribution is -2.01. The third-order valence-electron chi connectivity index (χ3n) is 1.77. The highest BCUT2D eigenvalue weighted by atomic mass is 16.5. The standard InChI is InChI=1S/C9H13NO2/c1-7(6-11)9-5-8(12-2)3-4-10-9/h3-5,7,11H,6H2,1-2H3/t7-/m0/s1. The highest BCUT2D eigenvalue weighted by Gasteiger charge is 2.05. The predicted octanol–water partition coefficient (Wildman–Crippen LogP) is 1.19. The van der Waals surface area contributed by atoms with Crippen molar-refractivity contribution in [3.63, 3.8) is 0 Å². The first-order valence-corrected chi connectivity index (χ1v) is 3.88. The number of ether oxygens (including phenoxy) is 1. The normalized spacial score (nSPS) is 12.6. The van der Waals surface area contributed by atoms with Gasteiger partial charge in [-0.3, -0.25) is 4.98 Å². The van der Waals surface area contributed by atoms with Crippen molar-refractivity contribution < 1.29 is 9.84 Å². The largest absolute Gasteiger partial charge is 0.497 e. The zero-order valence-electron chi connectivity index (χ0n) is 7.32. The maximum Gasteiger partial charge on any atom is 0.122 e. The summed E-state index contributed by atoms with van der Waals surface area (Å²) in [6.45, 7) is 2.03. The highest BCUT2D eigenvalue weighted by molar-refractivity contribution is 5.24. The molecular weight excluding hydrogens is 154 g/mol. The van der Waals surface area contributed by atoms with Crippen molar-refractivity contribution in [3.8, 4) is 5.75 Å². The third kappa shape index (κ3) is 1.95. The van der Waals surface area contributed by atoms with Gasteiger partial charge in [0.05, 0.1) is 13.7 Å². The molecule has 0 saturated carbocycles. The number of nitrogens with zero attached hydrogens (tertiary/aromatic N) is 1. The van der Waals surface area contributed by atoms with Crippen LogP contribution in [0.2, 0.25) is 0 Å². The number of aromatic nitrogens is 1. The van der Waals surface area contributed by atoms with E-state index < -0.39 is 0 Å². The predicted molar refractivity (Wildman–Crippen MR) is 46.3 cm³/mol. The van der Waals surface area contributed by atoms with Gasteiger partial charge >= 0.3 is 0 Å². The van der Waals surface area contributed by atoms with Gasteiger partial charge in [0.1, 0.15) is 5.75 Å². The van der Waals surface area contributed by atoms with Gasteiger partial charge in [-0.05, 0) is 6.07 Å². The van der Waals surface area contributed by atoms with Gasteiger partial charge < -0.3 is 9.84 Å². The van der Waals surface area contributed by atoms with Crippen LogP contribution in [0.15, 0.2) is 18.3 Å². The molecule has 0 saturated heterocycles. The van der Waals surface area contributed by atoms with Crippen molar-refractivity contribution in [2.24, 2.45) is 0 Å². The van der Waals surface area contributed by atoms with E-state index in [0.29, 0.717) is 0 Å². The topological polar surface area (TPSA) is 42.4 Å². The number of methoxy groups -OCH3 is 1. The van der Waals surface area contributed by atoms with Crippen LogP contribution in [0.4, 0.5) is 0 Å². The van der Waals surface area contributed by atoms with Crippen LogP contribution in [0.1, 0.15) is 18.5 Å². The van der Waals surface area contributed by atoms with E-state index in [0.717, 1.165) is 11.4 Å². The fraction of sp³-hybridized carbons (Fsp3) is 0.444. The van der Waals surface area contributed by atoms with E-state index in [2.05, 4.69) is 4.98 Å². The van der Waals surface area contributed by atoms with Crippen LogP contribution in [0.5, 0.6) is 5.75 Å². The molecule has 0 unspecified atom stereocenters. The Morgan fingerprint density at radius 2 is 2.42 bits per heavy atom. The molecule has 0 bridgehead atoms. The molecule has 1 aromatic heterocycles. The highest BCUT2D eigenvalue weighted by Crippen LogP contribution is 2.16. The van der Waals surface area contributed by atoms with Gasteiger partial charge in [-0.15, -0.1) is 0 Å². The Labute approximate surface area is 72.0 Å². The molecule has 66 valence electrons. The first-order valence-electron chi connectivity index (χ1n) is 3.88. The quantitative estimate of drug-likeness (QED) is 0.735. The van der Waals surface area contributed by atoms with Gasteiger partial charge in [0, 0.05) is 23.9 Å². The van der Waals surface area contributed by atoms with Crippen LogP contribution < -0.4 is 4.74 Å². The monoisotopic (exact) mass is 167 g/mol. The molecule has 0 aromatic carbocycles. The molecule has 1 N–H and O–H groups in total. The van der Waals surface area contributed by atoms with Gasteiger partial charge in [-0.25, -0.2) is 0 Å². The van der Waals surface area contributed by atoms with Gasteiger partial charge in [0.2, 0.25) is 0 Å². The molecule has 3 nitrogen and oxygen atoms in total. The van der Waals surface area contributed by atoms with Crippen LogP contribution in [0, 0.1) is 0 Å². The molecule has 1 rings (SSSR count). The molecular formula is C9H13NO2. The molecule has 12 heavy (non-hydrogen) atoms. The lowest BCUT2D eigenvalue weighted by atomic mass is 10.1. The van der Waals surface area contributed by atoms with E-state index >= 15 is 0 Å². The van der Waals surface area contributed by atoms with Gasteiger partial charge in [-0.2, -0.15) is 0 Å². The Hall–Kier alpha value is -1.09. The number of hydrogen-bond donors (Lipinski definition) is 1. The average molecular weight is 167 g/mol. The fourth-order valence-corrected chi connectivity index (χ4v) is 0.918. The van der Waals surface area contributed by atoms with Crippen LogP contribution in [-0.2, 0) is 0 Å². The molecule has 3 heteroatoms. The molecule has 1 heterocycles. The van der Waals surface area contributed by atoms with Gasteiger partial charge in [0.25, 0.3) is 0 Å². The second-order valence-electron chi connectivity index (χ2n) is 2.70. The molecule has 1 aromatic rings. The fourth-order valence-electron chi connectivity index (χ4n) is 0.918. The van der Waals surface area contributed by atoms with Gasteiger partial charge in [-0.1, -0.05) is 6.92 Å². The van der Waals surface area contributed by atoms with E-state index in [4.69, 9.17) is 9.84 Å². The summed E-state index contributed by atoms with van der Waals surface area (Å²) in [7, 11) is 1.61. The molecule has 0 spiro atoms. The van der Waals surface area contributed by atoms with E-state index in [9.17, 15) is 0 Å². The Kier molecular flexibility index (Phi) is 3.05. The van der Waals surface area contributed by atoms with Crippen LogP contribution in [0.3, 0.4) is 0 Å². The van der Waals surface area contributed by atoms with Crippen molar-refractivity contribution in [1.82, 2.24) is 4.98 Å². The van der Waals surface area contributed by atoms with Crippen molar-refractivity contribution in [3.05, 3.63) is 24.0 Å².